The molecule has 164 valence electrons. The van der Waals surface area contributed by atoms with Gasteiger partial charge in [-0.1, -0.05) is 11.6 Å². The molecule has 2 aromatic heterocycles. The number of hydrogen-bond donors (Lipinski definition) is 1. The molecule has 1 unspecified atom stereocenters. The van der Waals surface area contributed by atoms with Crippen LogP contribution in [0, 0.1) is 5.92 Å². The molecule has 0 aliphatic rings. The number of rotatable bonds is 9. The highest BCUT2D eigenvalue weighted by Crippen LogP contribution is 2.35. The van der Waals surface area contributed by atoms with Crippen LogP contribution in [-0.2, 0) is 16.0 Å². The summed E-state index contributed by atoms with van der Waals surface area (Å²) in [7, 11) is 1.49. The molecule has 31 heavy (non-hydrogen) atoms. The maximum atomic E-state index is 13.0. The van der Waals surface area contributed by atoms with E-state index in [1.165, 1.54) is 36.4 Å². The van der Waals surface area contributed by atoms with Gasteiger partial charge in [0.05, 0.1) is 29.3 Å². The number of nitrogens with zero attached hydrogens (tertiary/aromatic N) is 2. The van der Waals surface area contributed by atoms with Crippen LogP contribution in [-0.4, -0.2) is 35.6 Å². The molecule has 1 amide bonds. The van der Waals surface area contributed by atoms with Gasteiger partial charge in [-0.15, -0.1) is 11.3 Å². The number of carbonyl (C=O) groups is 2. The Hall–Kier alpha value is -2.98. The fourth-order valence-corrected chi connectivity index (χ4v) is 3.93. The second-order valence-electron chi connectivity index (χ2n) is 6.51. The number of aromatic nitrogens is 1. The Labute approximate surface area is 184 Å². The Bertz CT molecular complexity index is 1060. The van der Waals surface area contributed by atoms with E-state index in [-0.39, 0.29) is 23.6 Å². The van der Waals surface area contributed by atoms with Crippen LogP contribution >= 0.6 is 22.9 Å². The number of hydrogen-bond acceptors (Lipinski definition) is 6. The van der Waals surface area contributed by atoms with Gasteiger partial charge in [0.2, 0.25) is 5.91 Å². The predicted molar refractivity (Wildman–Crippen MR) is 111 cm³/mol. The molecule has 11 heteroatoms. The SMILES string of the molecule is CN(C(=O)C(CC(=O)O)Cc1ccco1)c1nc(-c2cc(OC(F)F)ccc2Cl)cs1. The molecule has 0 radical (unpaired) electrons. The summed E-state index contributed by atoms with van der Waals surface area (Å²) in [4.78, 5) is 29.8. The molecular weight excluding hydrogens is 454 g/mol. The Balaban J connectivity index is 1.82. The molecular formula is C20H17ClF2N2O5S. The second kappa shape index (κ2) is 9.88. The van der Waals surface area contributed by atoms with Crippen LogP contribution in [0.4, 0.5) is 13.9 Å². The zero-order valence-electron chi connectivity index (χ0n) is 16.1. The number of furan rings is 1. The maximum Gasteiger partial charge on any atom is 0.387 e. The monoisotopic (exact) mass is 470 g/mol. The van der Waals surface area contributed by atoms with Crippen molar-refractivity contribution in [3.05, 3.63) is 52.8 Å². The standard InChI is InChI=1S/C20H17ClF2N2O5S/c1-25(18(28)11(8-17(26)27)7-12-3-2-6-29-12)20-24-16(10-31-20)14-9-13(30-19(22)23)4-5-15(14)21/h2-6,9-11,19H,7-8H2,1H3,(H,26,27). The molecule has 0 aliphatic carbocycles. The molecule has 2 heterocycles. The Morgan fingerprint density at radius 2 is 2.13 bits per heavy atom. The van der Waals surface area contributed by atoms with E-state index in [4.69, 9.17) is 16.0 Å². The molecule has 3 rings (SSSR count). The molecule has 0 bridgehead atoms. The number of ether oxygens (including phenoxy) is 1. The van der Waals surface area contributed by atoms with Crippen molar-refractivity contribution in [3.8, 4) is 17.0 Å². The van der Waals surface area contributed by atoms with E-state index >= 15 is 0 Å². The third-order valence-electron chi connectivity index (χ3n) is 4.35. The van der Waals surface area contributed by atoms with Gasteiger partial charge in [0.1, 0.15) is 11.5 Å². The molecule has 0 saturated carbocycles. The van der Waals surface area contributed by atoms with Crippen molar-refractivity contribution >= 4 is 39.9 Å². The van der Waals surface area contributed by atoms with Crippen LogP contribution < -0.4 is 9.64 Å². The summed E-state index contributed by atoms with van der Waals surface area (Å²) >= 11 is 7.30. The average molecular weight is 471 g/mol. The Morgan fingerprint density at radius 3 is 2.77 bits per heavy atom. The number of aliphatic carboxylic acids is 1. The minimum absolute atomic E-state index is 0.0756. The molecule has 0 aliphatic heterocycles. The first kappa shape index (κ1) is 22.7. The van der Waals surface area contributed by atoms with Crippen molar-refractivity contribution in [2.75, 3.05) is 11.9 Å². The van der Waals surface area contributed by atoms with Gasteiger partial charge in [0.15, 0.2) is 5.13 Å². The van der Waals surface area contributed by atoms with E-state index in [0.717, 1.165) is 11.3 Å². The van der Waals surface area contributed by atoms with Gasteiger partial charge in [0.25, 0.3) is 0 Å². The molecule has 7 nitrogen and oxygen atoms in total. The van der Waals surface area contributed by atoms with Crippen LogP contribution in [0.3, 0.4) is 0 Å². The van der Waals surface area contributed by atoms with Crippen molar-refractivity contribution in [1.29, 1.82) is 0 Å². The zero-order valence-corrected chi connectivity index (χ0v) is 17.7. The van der Waals surface area contributed by atoms with Gasteiger partial charge in [-0.3, -0.25) is 14.5 Å². The number of carboxylic acids is 1. The van der Waals surface area contributed by atoms with E-state index in [9.17, 15) is 23.5 Å². The average Bonchev–Trinajstić information content (AvgIpc) is 3.39. The van der Waals surface area contributed by atoms with Gasteiger partial charge in [-0.2, -0.15) is 8.78 Å². The van der Waals surface area contributed by atoms with Crippen molar-refractivity contribution in [1.82, 2.24) is 4.98 Å². The quantitative estimate of drug-likeness (QED) is 0.475. The van der Waals surface area contributed by atoms with Gasteiger partial charge in [-0.25, -0.2) is 4.98 Å². The number of amides is 1. The number of benzene rings is 1. The summed E-state index contributed by atoms with van der Waals surface area (Å²) in [6.45, 7) is -2.98. The summed E-state index contributed by atoms with van der Waals surface area (Å²) in [6.07, 6.45) is 1.20. The molecule has 0 saturated heterocycles. The second-order valence-corrected chi connectivity index (χ2v) is 7.75. The molecule has 1 N–H and O–H groups in total. The van der Waals surface area contributed by atoms with Crippen molar-refractivity contribution in [3.63, 3.8) is 0 Å². The fourth-order valence-electron chi connectivity index (χ4n) is 2.92. The third-order valence-corrected chi connectivity index (χ3v) is 5.59. The van der Waals surface area contributed by atoms with E-state index in [1.807, 2.05) is 0 Å². The van der Waals surface area contributed by atoms with Crippen LogP contribution in [0.2, 0.25) is 5.02 Å². The first-order chi connectivity index (χ1) is 14.7. The number of halogens is 3. The highest BCUT2D eigenvalue weighted by Gasteiger charge is 2.28. The lowest BCUT2D eigenvalue weighted by Crippen LogP contribution is -2.35. The third kappa shape index (κ3) is 5.80. The summed E-state index contributed by atoms with van der Waals surface area (Å²) in [5.74, 6) is -1.99. The van der Waals surface area contributed by atoms with Crippen molar-refractivity contribution in [2.45, 2.75) is 19.5 Å². The molecule has 1 atom stereocenters. The highest BCUT2D eigenvalue weighted by molar-refractivity contribution is 7.14. The van der Waals surface area contributed by atoms with Crippen LogP contribution in [0.1, 0.15) is 12.2 Å². The number of alkyl halides is 2. The van der Waals surface area contributed by atoms with Gasteiger partial charge < -0.3 is 14.3 Å². The number of carbonyl (C=O) groups excluding carboxylic acids is 1. The smallest absolute Gasteiger partial charge is 0.387 e. The highest BCUT2D eigenvalue weighted by atomic mass is 35.5. The molecule has 3 aromatic rings. The largest absolute Gasteiger partial charge is 0.481 e. The lowest BCUT2D eigenvalue weighted by atomic mass is 9.98. The number of anilines is 1. The van der Waals surface area contributed by atoms with E-state index in [0.29, 0.717) is 22.1 Å². The van der Waals surface area contributed by atoms with Crippen LogP contribution in [0.5, 0.6) is 5.75 Å². The topological polar surface area (TPSA) is 92.9 Å². The van der Waals surface area contributed by atoms with Crippen molar-refractivity contribution < 1.29 is 32.6 Å². The minimum Gasteiger partial charge on any atom is -0.481 e. The summed E-state index contributed by atoms with van der Waals surface area (Å²) < 4.78 is 34.6. The minimum atomic E-state index is -2.98. The predicted octanol–water partition coefficient (Wildman–Crippen LogP) is 4.95. The lowest BCUT2D eigenvalue weighted by molar-refractivity contribution is -0.140. The first-order valence-electron chi connectivity index (χ1n) is 8.96. The van der Waals surface area contributed by atoms with Crippen LogP contribution in [0.15, 0.2) is 46.4 Å². The van der Waals surface area contributed by atoms with Crippen molar-refractivity contribution in [2.24, 2.45) is 5.92 Å². The normalized spacial score (nSPS) is 12.0. The van der Waals surface area contributed by atoms with Crippen LogP contribution in [0.25, 0.3) is 11.3 Å². The summed E-state index contributed by atoms with van der Waals surface area (Å²) in [5, 5.41) is 11.4. The maximum absolute atomic E-state index is 13.0. The summed E-state index contributed by atoms with van der Waals surface area (Å²) in [6, 6.07) is 7.38. The van der Waals surface area contributed by atoms with Gasteiger partial charge in [-0.05, 0) is 30.3 Å². The zero-order chi connectivity index (χ0) is 22.5. The Kier molecular flexibility index (Phi) is 7.24. The Morgan fingerprint density at radius 1 is 1.35 bits per heavy atom. The number of carboxylic acid groups (broad SMARTS) is 1. The van der Waals surface area contributed by atoms with E-state index in [2.05, 4.69) is 9.72 Å². The summed E-state index contributed by atoms with van der Waals surface area (Å²) in [5.41, 5.74) is 0.728. The van der Waals surface area contributed by atoms with E-state index < -0.39 is 24.4 Å². The van der Waals surface area contributed by atoms with Gasteiger partial charge in [0, 0.05) is 24.4 Å². The fraction of sp³-hybridized carbons (Fsp3) is 0.250. The molecule has 1 aromatic carbocycles. The molecule has 0 spiro atoms. The first-order valence-corrected chi connectivity index (χ1v) is 10.2. The van der Waals surface area contributed by atoms with E-state index in [1.54, 1.807) is 17.5 Å². The molecule has 0 fully saturated rings. The number of thiazole rings is 1. The van der Waals surface area contributed by atoms with Gasteiger partial charge >= 0.3 is 12.6 Å². The lowest BCUT2D eigenvalue weighted by Gasteiger charge is -2.20.